The van der Waals surface area contributed by atoms with Crippen molar-refractivity contribution in [3.63, 3.8) is 0 Å². The Labute approximate surface area is 114 Å². The Kier molecular flexibility index (Phi) is 4.22. The zero-order valence-corrected chi connectivity index (χ0v) is 11.3. The number of nitrogens with two attached hydrogens (primary N) is 1. The van der Waals surface area contributed by atoms with Gasteiger partial charge in [-0.05, 0) is 25.3 Å². The zero-order valence-electron chi connectivity index (χ0n) is 11.3. The molecule has 2 rings (SSSR count). The highest BCUT2D eigenvalue weighted by Gasteiger charge is 2.35. The molecule has 0 heterocycles. The Morgan fingerprint density at radius 3 is 2.74 bits per heavy atom. The van der Waals surface area contributed by atoms with Gasteiger partial charge in [-0.25, -0.2) is 0 Å². The summed E-state index contributed by atoms with van der Waals surface area (Å²) in [7, 11) is 0. The third-order valence-electron chi connectivity index (χ3n) is 4.06. The minimum atomic E-state index is -1.04. The van der Waals surface area contributed by atoms with Crippen LogP contribution in [0.3, 0.4) is 0 Å². The van der Waals surface area contributed by atoms with Crippen LogP contribution in [0.25, 0.3) is 0 Å². The summed E-state index contributed by atoms with van der Waals surface area (Å²) in [5.41, 5.74) is 5.93. The van der Waals surface area contributed by atoms with E-state index in [-0.39, 0.29) is 24.5 Å². The predicted octanol–water partition coefficient (Wildman–Crippen LogP) is 1.14. The number of carbonyl (C=O) groups is 1. The van der Waals surface area contributed by atoms with E-state index in [4.69, 9.17) is 5.73 Å². The van der Waals surface area contributed by atoms with Gasteiger partial charge in [-0.3, -0.25) is 4.79 Å². The number of carbonyl (C=O) groups excluding carboxylic acids is 1. The lowest BCUT2D eigenvalue weighted by Gasteiger charge is -2.28. The zero-order chi connectivity index (χ0) is 13.9. The molecule has 0 saturated heterocycles. The van der Waals surface area contributed by atoms with Crippen LogP contribution in [-0.4, -0.2) is 23.7 Å². The summed E-state index contributed by atoms with van der Waals surface area (Å²) in [5.74, 6) is -0.0143. The second kappa shape index (κ2) is 5.72. The molecule has 0 aliphatic heterocycles. The Balaban J connectivity index is 2.07. The summed E-state index contributed by atoms with van der Waals surface area (Å²) in [5, 5.41) is 12.3. The van der Waals surface area contributed by atoms with Crippen molar-refractivity contribution < 1.29 is 9.90 Å². The number of rotatable bonds is 4. The molecule has 1 saturated carbocycles. The highest BCUT2D eigenvalue weighted by molar-refractivity contribution is 5.87. The van der Waals surface area contributed by atoms with Crippen molar-refractivity contribution in [1.82, 2.24) is 5.32 Å². The maximum atomic E-state index is 12.4. The molecule has 0 aromatic heterocycles. The summed E-state index contributed by atoms with van der Waals surface area (Å²) in [4.78, 5) is 12.4. The van der Waals surface area contributed by atoms with Crippen LogP contribution >= 0.6 is 0 Å². The Morgan fingerprint density at radius 1 is 1.42 bits per heavy atom. The van der Waals surface area contributed by atoms with Crippen LogP contribution in [-0.2, 0) is 10.3 Å². The number of amides is 1. The monoisotopic (exact) mass is 262 g/mol. The van der Waals surface area contributed by atoms with Crippen molar-refractivity contribution in [2.45, 2.75) is 37.8 Å². The summed E-state index contributed by atoms with van der Waals surface area (Å²) in [6, 6.07) is 9.41. The SMILES string of the molecule is CC(N)(C(=O)NC1CCCC1CO)c1ccccc1. The molecule has 0 spiro atoms. The number of aliphatic hydroxyl groups is 1. The first-order chi connectivity index (χ1) is 9.05. The standard InChI is InChI=1S/C15H22N2O2/c1-15(16,12-7-3-2-4-8-12)14(19)17-13-9-5-6-11(13)10-18/h2-4,7-8,11,13,18H,5-6,9-10,16H2,1H3,(H,17,19). The molecule has 19 heavy (non-hydrogen) atoms. The van der Waals surface area contributed by atoms with Crippen molar-refractivity contribution in [1.29, 1.82) is 0 Å². The Bertz CT molecular complexity index is 431. The molecule has 0 radical (unpaired) electrons. The molecule has 1 aromatic rings. The molecule has 1 fully saturated rings. The minimum absolute atomic E-state index is 0.0455. The van der Waals surface area contributed by atoms with Gasteiger partial charge >= 0.3 is 0 Å². The highest BCUT2D eigenvalue weighted by atomic mass is 16.3. The fraction of sp³-hybridized carbons (Fsp3) is 0.533. The van der Waals surface area contributed by atoms with Crippen molar-refractivity contribution in [2.75, 3.05) is 6.61 Å². The maximum absolute atomic E-state index is 12.4. The Morgan fingerprint density at radius 2 is 2.11 bits per heavy atom. The molecule has 3 unspecified atom stereocenters. The number of hydrogen-bond acceptors (Lipinski definition) is 3. The molecule has 104 valence electrons. The van der Waals surface area contributed by atoms with Gasteiger partial charge in [-0.1, -0.05) is 36.8 Å². The summed E-state index contributed by atoms with van der Waals surface area (Å²) in [6.07, 6.45) is 2.93. The predicted molar refractivity (Wildman–Crippen MR) is 74.3 cm³/mol. The lowest BCUT2D eigenvalue weighted by atomic mass is 9.91. The summed E-state index contributed by atoms with van der Waals surface area (Å²) in [6.45, 7) is 1.85. The minimum Gasteiger partial charge on any atom is -0.396 e. The van der Waals surface area contributed by atoms with Gasteiger partial charge in [0, 0.05) is 18.6 Å². The van der Waals surface area contributed by atoms with Crippen LogP contribution < -0.4 is 11.1 Å². The number of nitrogens with one attached hydrogen (secondary N) is 1. The summed E-state index contributed by atoms with van der Waals surface area (Å²) < 4.78 is 0. The van der Waals surface area contributed by atoms with Crippen LogP contribution in [0, 0.1) is 5.92 Å². The number of hydrogen-bond donors (Lipinski definition) is 3. The second-order valence-electron chi connectivity index (χ2n) is 5.52. The molecule has 3 atom stereocenters. The average molecular weight is 262 g/mol. The van der Waals surface area contributed by atoms with E-state index in [0.29, 0.717) is 0 Å². The van der Waals surface area contributed by atoms with Crippen LogP contribution in [0.2, 0.25) is 0 Å². The van der Waals surface area contributed by atoms with Gasteiger partial charge in [0.05, 0.1) is 0 Å². The van der Waals surface area contributed by atoms with E-state index < -0.39 is 5.54 Å². The maximum Gasteiger partial charge on any atom is 0.244 e. The molecule has 4 nitrogen and oxygen atoms in total. The smallest absolute Gasteiger partial charge is 0.244 e. The molecule has 1 aliphatic rings. The van der Waals surface area contributed by atoms with Crippen molar-refractivity contribution >= 4 is 5.91 Å². The fourth-order valence-electron chi connectivity index (χ4n) is 2.68. The van der Waals surface area contributed by atoms with Gasteiger partial charge in [0.2, 0.25) is 5.91 Å². The van der Waals surface area contributed by atoms with Crippen LogP contribution in [0.1, 0.15) is 31.7 Å². The first-order valence-corrected chi connectivity index (χ1v) is 6.82. The number of aliphatic hydroxyl groups excluding tert-OH is 1. The first kappa shape index (κ1) is 14.0. The molecule has 4 N–H and O–H groups in total. The van der Waals surface area contributed by atoms with Crippen molar-refractivity contribution in [3.8, 4) is 0 Å². The van der Waals surface area contributed by atoms with E-state index >= 15 is 0 Å². The number of benzene rings is 1. The quantitative estimate of drug-likeness (QED) is 0.761. The van der Waals surface area contributed by atoms with Crippen LogP contribution in [0.4, 0.5) is 0 Å². The van der Waals surface area contributed by atoms with E-state index in [9.17, 15) is 9.90 Å². The van der Waals surface area contributed by atoms with Gasteiger partial charge in [-0.15, -0.1) is 0 Å². The van der Waals surface area contributed by atoms with Gasteiger partial charge in [0.15, 0.2) is 0 Å². The van der Waals surface area contributed by atoms with E-state index in [1.807, 2.05) is 30.3 Å². The molecule has 1 aromatic carbocycles. The third kappa shape index (κ3) is 2.96. The van der Waals surface area contributed by atoms with E-state index in [2.05, 4.69) is 5.32 Å². The molecular formula is C15H22N2O2. The third-order valence-corrected chi connectivity index (χ3v) is 4.06. The van der Waals surface area contributed by atoms with E-state index in [1.54, 1.807) is 6.92 Å². The normalized spacial score (nSPS) is 25.8. The molecule has 1 aliphatic carbocycles. The lowest BCUT2D eigenvalue weighted by Crippen LogP contribution is -2.52. The largest absolute Gasteiger partial charge is 0.396 e. The second-order valence-corrected chi connectivity index (χ2v) is 5.52. The fourth-order valence-corrected chi connectivity index (χ4v) is 2.68. The van der Waals surface area contributed by atoms with Gasteiger partial charge in [0.25, 0.3) is 0 Å². The van der Waals surface area contributed by atoms with Gasteiger partial charge in [0.1, 0.15) is 5.54 Å². The average Bonchev–Trinajstić information content (AvgIpc) is 2.87. The summed E-state index contributed by atoms with van der Waals surface area (Å²) >= 11 is 0. The van der Waals surface area contributed by atoms with Crippen LogP contribution in [0.5, 0.6) is 0 Å². The topological polar surface area (TPSA) is 75.4 Å². The molecule has 1 amide bonds. The Hall–Kier alpha value is -1.39. The van der Waals surface area contributed by atoms with Crippen molar-refractivity contribution in [3.05, 3.63) is 35.9 Å². The molecule has 0 bridgehead atoms. The first-order valence-electron chi connectivity index (χ1n) is 6.82. The lowest BCUT2D eigenvalue weighted by molar-refractivity contribution is -0.127. The molecule has 4 heteroatoms. The van der Waals surface area contributed by atoms with Gasteiger partial charge < -0.3 is 16.2 Å². The van der Waals surface area contributed by atoms with Gasteiger partial charge in [-0.2, -0.15) is 0 Å². The van der Waals surface area contributed by atoms with Crippen LogP contribution in [0.15, 0.2) is 30.3 Å². The van der Waals surface area contributed by atoms with E-state index in [0.717, 1.165) is 24.8 Å². The van der Waals surface area contributed by atoms with Crippen molar-refractivity contribution in [2.24, 2.45) is 11.7 Å². The molecular weight excluding hydrogens is 240 g/mol. The highest BCUT2D eigenvalue weighted by Crippen LogP contribution is 2.26. The van der Waals surface area contributed by atoms with E-state index in [1.165, 1.54) is 0 Å².